The molecule has 1 aromatic rings. The number of rotatable bonds is 3. The standard InChI is InChI=1S/C16H20F2N2O.ClH/c17-16(18)6-4-12(5-7-16)20-15(21)11-3-1-2-10(8-11)13-9-14(13)19;/h1-3,8,12-14H,4-7,9,19H2,(H,20,21);1H. The summed E-state index contributed by atoms with van der Waals surface area (Å²) in [4.78, 5) is 12.2. The van der Waals surface area contributed by atoms with E-state index < -0.39 is 5.92 Å². The zero-order valence-corrected chi connectivity index (χ0v) is 13.0. The third kappa shape index (κ3) is 3.96. The van der Waals surface area contributed by atoms with Crippen LogP contribution >= 0.6 is 12.4 Å². The lowest BCUT2D eigenvalue weighted by Crippen LogP contribution is -2.40. The normalized spacial score (nSPS) is 26.9. The van der Waals surface area contributed by atoms with Crippen LogP contribution in [0, 0.1) is 0 Å². The Bertz CT molecular complexity index is 543. The van der Waals surface area contributed by atoms with Gasteiger partial charge < -0.3 is 11.1 Å². The highest BCUT2D eigenvalue weighted by Gasteiger charge is 2.36. The Morgan fingerprint density at radius 3 is 2.50 bits per heavy atom. The van der Waals surface area contributed by atoms with Crippen molar-refractivity contribution in [1.29, 1.82) is 0 Å². The molecule has 1 amide bonds. The van der Waals surface area contributed by atoms with Gasteiger partial charge in [-0.2, -0.15) is 0 Å². The third-order valence-electron chi connectivity index (χ3n) is 4.47. The van der Waals surface area contributed by atoms with Crippen molar-refractivity contribution in [2.45, 2.75) is 56.0 Å². The van der Waals surface area contributed by atoms with Gasteiger partial charge in [0.2, 0.25) is 5.92 Å². The van der Waals surface area contributed by atoms with Crippen molar-refractivity contribution < 1.29 is 13.6 Å². The lowest BCUT2D eigenvalue weighted by Gasteiger charge is -2.28. The molecule has 2 unspecified atom stereocenters. The van der Waals surface area contributed by atoms with E-state index in [0.717, 1.165) is 12.0 Å². The van der Waals surface area contributed by atoms with E-state index in [9.17, 15) is 13.6 Å². The van der Waals surface area contributed by atoms with Crippen LogP contribution in [0.2, 0.25) is 0 Å². The molecule has 0 bridgehead atoms. The monoisotopic (exact) mass is 330 g/mol. The summed E-state index contributed by atoms with van der Waals surface area (Å²) in [5.41, 5.74) is 7.50. The van der Waals surface area contributed by atoms with E-state index in [1.54, 1.807) is 6.07 Å². The van der Waals surface area contributed by atoms with Crippen molar-refractivity contribution in [3.8, 4) is 0 Å². The molecule has 0 radical (unpaired) electrons. The maximum Gasteiger partial charge on any atom is 0.251 e. The van der Waals surface area contributed by atoms with Gasteiger partial charge in [-0.1, -0.05) is 12.1 Å². The summed E-state index contributed by atoms with van der Waals surface area (Å²) in [6, 6.07) is 7.50. The minimum atomic E-state index is -2.57. The van der Waals surface area contributed by atoms with Crippen LogP contribution in [0.25, 0.3) is 0 Å². The minimum absolute atomic E-state index is 0. The summed E-state index contributed by atoms with van der Waals surface area (Å²) in [6.45, 7) is 0. The number of hydrogen-bond donors (Lipinski definition) is 2. The molecule has 6 heteroatoms. The molecule has 2 fully saturated rings. The molecule has 22 heavy (non-hydrogen) atoms. The maximum absolute atomic E-state index is 13.1. The zero-order valence-electron chi connectivity index (χ0n) is 12.2. The number of benzene rings is 1. The zero-order chi connectivity index (χ0) is 15.0. The van der Waals surface area contributed by atoms with Crippen LogP contribution in [0.4, 0.5) is 8.78 Å². The molecular formula is C16H21ClF2N2O. The first-order valence-corrected chi connectivity index (χ1v) is 7.49. The third-order valence-corrected chi connectivity index (χ3v) is 4.47. The summed E-state index contributed by atoms with van der Waals surface area (Å²) in [6.07, 6.45) is 1.35. The molecule has 2 aliphatic carbocycles. The van der Waals surface area contributed by atoms with E-state index in [-0.39, 0.29) is 43.2 Å². The van der Waals surface area contributed by atoms with E-state index in [2.05, 4.69) is 5.32 Å². The van der Waals surface area contributed by atoms with Gasteiger partial charge in [0.05, 0.1) is 0 Å². The van der Waals surface area contributed by atoms with Crippen molar-refractivity contribution in [2.24, 2.45) is 5.73 Å². The summed E-state index contributed by atoms with van der Waals surface area (Å²) >= 11 is 0. The number of alkyl halides is 2. The molecule has 0 aliphatic heterocycles. The predicted octanol–water partition coefficient (Wildman–Crippen LogP) is 3.23. The molecule has 3 N–H and O–H groups in total. The lowest BCUT2D eigenvalue weighted by molar-refractivity contribution is -0.0399. The van der Waals surface area contributed by atoms with E-state index in [0.29, 0.717) is 24.3 Å². The van der Waals surface area contributed by atoms with Gasteiger partial charge in [-0.05, 0) is 37.0 Å². The second kappa shape index (κ2) is 6.50. The largest absolute Gasteiger partial charge is 0.349 e. The molecule has 1 aromatic carbocycles. The average Bonchev–Trinajstić information content (AvgIpc) is 3.18. The highest BCUT2D eigenvalue weighted by Crippen LogP contribution is 2.39. The molecule has 0 heterocycles. The number of carbonyl (C=O) groups excluding carboxylic acids is 1. The molecule has 122 valence electrons. The minimum Gasteiger partial charge on any atom is -0.349 e. The van der Waals surface area contributed by atoms with Crippen LogP contribution in [0.5, 0.6) is 0 Å². The van der Waals surface area contributed by atoms with E-state index in [1.165, 1.54) is 0 Å². The van der Waals surface area contributed by atoms with Crippen LogP contribution in [0.1, 0.15) is 53.9 Å². The second-order valence-electron chi connectivity index (χ2n) is 6.24. The summed E-state index contributed by atoms with van der Waals surface area (Å²) in [5.74, 6) is -2.39. The van der Waals surface area contributed by atoms with Gasteiger partial charge in [-0.25, -0.2) is 8.78 Å². The van der Waals surface area contributed by atoms with Crippen LogP contribution in [-0.4, -0.2) is 23.9 Å². The lowest BCUT2D eigenvalue weighted by atomic mass is 9.92. The fourth-order valence-electron chi connectivity index (χ4n) is 2.96. The molecule has 2 saturated carbocycles. The van der Waals surface area contributed by atoms with Crippen LogP contribution in [0.3, 0.4) is 0 Å². The molecule has 2 atom stereocenters. The van der Waals surface area contributed by atoms with Gasteiger partial charge >= 0.3 is 0 Å². The molecule has 0 spiro atoms. The second-order valence-corrected chi connectivity index (χ2v) is 6.24. The first kappa shape index (κ1) is 17.2. The molecular weight excluding hydrogens is 310 g/mol. The number of halogens is 3. The van der Waals surface area contributed by atoms with Gasteiger partial charge in [0, 0.05) is 36.4 Å². The van der Waals surface area contributed by atoms with Gasteiger partial charge in [-0.3, -0.25) is 4.79 Å². The SMILES string of the molecule is Cl.NC1CC1c1cccc(C(=O)NC2CCC(F)(F)CC2)c1. The Balaban J connectivity index is 0.00000176. The first-order valence-electron chi connectivity index (χ1n) is 7.49. The summed E-state index contributed by atoms with van der Waals surface area (Å²) < 4.78 is 26.2. The number of hydrogen-bond acceptors (Lipinski definition) is 2. The molecule has 3 rings (SSSR count). The van der Waals surface area contributed by atoms with Crippen LogP contribution in [0.15, 0.2) is 24.3 Å². The Kier molecular flexibility index (Phi) is 5.07. The van der Waals surface area contributed by atoms with Crippen molar-refractivity contribution in [1.82, 2.24) is 5.32 Å². The van der Waals surface area contributed by atoms with E-state index >= 15 is 0 Å². The Morgan fingerprint density at radius 2 is 1.91 bits per heavy atom. The van der Waals surface area contributed by atoms with E-state index in [1.807, 2.05) is 18.2 Å². The van der Waals surface area contributed by atoms with Crippen LogP contribution in [-0.2, 0) is 0 Å². The predicted molar refractivity (Wildman–Crippen MR) is 83.7 cm³/mol. The maximum atomic E-state index is 13.1. The first-order chi connectivity index (χ1) is 9.94. The van der Waals surface area contributed by atoms with Crippen molar-refractivity contribution in [3.63, 3.8) is 0 Å². The van der Waals surface area contributed by atoms with E-state index in [4.69, 9.17) is 5.73 Å². The Morgan fingerprint density at radius 1 is 1.27 bits per heavy atom. The van der Waals surface area contributed by atoms with Crippen molar-refractivity contribution >= 4 is 18.3 Å². The quantitative estimate of drug-likeness (QED) is 0.894. The fourth-order valence-corrected chi connectivity index (χ4v) is 2.96. The van der Waals surface area contributed by atoms with Gasteiger partial charge in [0.1, 0.15) is 0 Å². The Labute approximate surface area is 135 Å². The smallest absolute Gasteiger partial charge is 0.251 e. The van der Waals surface area contributed by atoms with Gasteiger partial charge in [0.15, 0.2) is 0 Å². The summed E-state index contributed by atoms with van der Waals surface area (Å²) in [5, 5.41) is 2.87. The average molecular weight is 331 g/mol. The number of nitrogens with one attached hydrogen (secondary N) is 1. The molecule has 0 aromatic heterocycles. The Hall–Kier alpha value is -1.20. The van der Waals surface area contributed by atoms with Crippen molar-refractivity contribution in [2.75, 3.05) is 0 Å². The fraction of sp³-hybridized carbons (Fsp3) is 0.562. The topological polar surface area (TPSA) is 55.1 Å². The highest BCUT2D eigenvalue weighted by molar-refractivity contribution is 5.94. The number of amides is 1. The van der Waals surface area contributed by atoms with Crippen LogP contribution < -0.4 is 11.1 Å². The summed E-state index contributed by atoms with van der Waals surface area (Å²) in [7, 11) is 0. The van der Waals surface area contributed by atoms with Gasteiger partial charge in [0.25, 0.3) is 5.91 Å². The molecule has 2 aliphatic rings. The van der Waals surface area contributed by atoms with Crippen molar-refractivity contribution in [3.05, 3.63) is 35.4 Å². The van der Waals surface area contributed by atoms with Gasteiger partial charge in [-0.15, -0.1) is 12.4 Å². The molecule has 0 saturated heterocycles. The highest BCUT2D eigenvalue weighted by atomic mass is 35.5. The molecule has 3 nitrogen and oxygen atoms in total. The number of carbonyl (C=O) groups is 1. The number of nitrogens with two attached hydrogens (primary N) is 1.